The van der Waals surface area contributed by atoms with Crippen LogP contribution in [0.3, 0.4) is 0 Å². The van der Waals surface area contributed by atoms with Gasteiger partial charge in [0.05, 0.1) is 29.1 Å². The van der Waals surface area contributed by atoms with Crippen LogP contribution in [0.4, 0.5) is 4.39 Å². The normalized spacial score (nSPS) is 12.1. The summed E-state index contributed by atoms with van der Waals surface area (Å²) in [5.41, 5.74) is 1.46. The summed E-state index contributed by atoms with van der Waals surface area (Å²) in [5.74, 6) is -0.354. The van der Waals surface area contributed by atoms with Gasteiger partial charge in [-0.15, -0.1) is 11.3 Å². The number of aromatic nitrogens is 2. The Hall–Kier alpha value is -3.46. The quantitative estimate of drug-likeness (QED) is 0.493. The van der Waals surface area contributed by atoms with Gasteiger partial charge in [-0.3, -0.25) is 9.59 Å². The number of halogens is 1. The van der Waals surface area contributed by atoms with Crippen molar-refractivity contribution in [3.8, 4) is 5.69 Å². The molecule has 1 atom stereocenters. The molecule has 0 bridgehead atoms. The fraction of sp³-hybridized carbons (Fsp3) is 0.190. The molecule has 0 aliphatic rings. The maximum atomic E-state index is 13.2. The Morgan fingerprint density at radius 2 is 2.03 bits per heavy atom. The van der Waals surface area contributed by atoms with E-state index in [0.717, 1.165) is 15.9 Å². The SMILES string of the molecule is Cc1nn(-c2ccc(F)cc2)c2sc(C(=O)NC(C)C(=O)NCc3ccco3)cc12. The molecule has 0 radical (unpaired) electrons. The van der Waals surface area contributed by atoms with E-state index in [0.29, 0.717) is 16.3 Å². The first-order chi connectivity index (χ1) is 14.4. The lowest BCUT2D eigenvalue weighted by atomic mass is 10.2. The summed E-state index contributed by atoms with van der Waals surface area (Å²) in [6.07, 6.45) is 1.53. The molecule has 0 aliphatic heterocycles. The van der Waals surface area contributed by atoms with E-state index in [-0.39, 0.29) is 24.2 Å². The van der Waals surface area contributed by atoms with Crippen molar-refractivity contribution in [1.29, 1.82) is 0 Å². The van der Waals surface area contributed by atoms with Crippen LogP contribution in [-0.2, 0) is 11.3 Å². The number of nitrogens with one attached hydrogen (secondary N) is 2. The van der Waals surface area contributed by atoms with Crippen LogP contribution in [0, 0.1) is 12.7 Å². The predicted octanol–water partition coefficient (Wildman–Crippen LogP) is 3.56. The number of rotatable bonds is 6. The van der Waals surface area contributed by atoms with Gasteiger partial charge in [0.25, 0.3) is 5.91 Å². The van der Waals surface area contributed by atoms with Crippen molar-refractivity contribution in [1.82, 2.24) is 20.4 Å². The lowest BCUT2D eigenvalue weighted by molar-refractivity contribution is -0.122. The number of furan rings is 1. The van der Waals surface area contributed by atoms with Gasteiger partial charge in [-0.05, 0) is 56.3 Å². The molecule has 3 aromatic heterocycles. The summed E-state index contributed by atoms with van der Waals surface area (Å²) in [6, 6.07) is 10.5. The van der Waals surface area contributed by atoms with Crippen LogP contribution in [0.15, 0.2) is 53.1 Å². The van der Waals surface area contributed by atoms with Crippen LogP contribution >= 0.6 is 11.3 Å². The van der Waals surface area contributed by atoms with Gasteiger partial charge in [0.1, 0.15) is 22.4 Å². The highest BCUT2D eigenvalue weighted by atomic mass is 32.1. The smallest absolute Gasteiger partial charge is 0.262 e. The van der Waals surface area contributed by atoms with Crippen molar-refractivity contribution >= 4 is 33.4 Å². The minimum Gasteiger partial charge on any atom is -0.467 e. The van der Waals surface area contributed by atoms with Crippen LogP contribution in [0.1, 0.15) is 28.0 Å². The molecule has 2 N–H and O–H groups in total. The van der Waals surface area contributed by atoms with Crippen LogP contribution in [0.25, 0.3) is 15.9 Å². The zero-order valence-electron chi connectivity index (χ0n) is 16.3. The molecule has 0 saturated heterocycles. The molecule has 4 rings (SSSR count). The summed E-state index contributed by atoms with van der Waals surface area (Å²) < 4.78 is 20.1. The lowest BCUT2D eigenvalue weighted by Crippen LogP contribution is -2.44. The Balaban J connectivity index is 1.48. The Morgan fingerprint density at radius 1 is 1.27 bits per heavy atom. The van der Waals surface area contributed by atoms with Crippen LogP contribution in [0.5, 0.6) is 0 Å². The summed E-state index contributed by atoms with van der Waals surface area (Å²) in [6.45, 7) is 3.72. The first-order valence-corrected chi connectivity index (χ1v) is 10.1. The largest absolute Gasteiger partial charge is 0.467 e. The van der Waals surface area contributed by atoms with E-state index in [1.165, 1.54) is 29.7 Å². The van der Waals surface area contributed by atoms with Crippen molar-refractivity contribution in [2.24, 2.45) is 0 Å². The van der Waals surface area contributed by atoms with Gasteiger partial charge in [0.15, 0.2) is 0 Å². The van der Waals surface area contributed by atoms with E-state index in [1.54, 1.807) is 41.9 Å². The monoisotopic (exact) mass is 426 g/mol. The maximum absolute atomic E-state index is 13.2. The molecule has 4 aromatic rings. The molecule has 1 unspecified atom stereocenters. The van der Waals surface area contributed by atoms with Crippen molar-refractivity contribution in [2.75, 3.05) is 0 Å². The number of aryl methyl sites for hydroxylation is 1. The first kappa shape index (κ1) is 19.8. The predicted molar refractivity (Wildman–Crippen MR) is 111 cm³/mol. The topological polar surface area (TPSA) is 89.2 Å². The standard InChI is InChI=1S/C21H19FN4O3S/c1-12-17-10-18(30-21(17)26(25-12)15-7-5-14(22)6-8-15)20(28)24-13(2)19(27)23-11-16-4-3-9-29-16/h3-10,13H,11H2,1-2H3,(H,23,27)(H,24,28). The van der Waals surface area contributed by atoms with E-state index >= 15 is 0 Å². The van der Waals surface area contributed by atoms with Gasteiger partial charge < -0.3 is 15.1 Å². The minimum atomic E-state index is -0.715. The Morgan fingerprint density at radius 3 is 2.73 bits per heavy atom. The number of benzene rings is 1. The van der Waals surface area contributed by atoms with Crippen LogP contribution in [0.2, 0.25) is 0 Å². The van der Waals surface area contributed by atoms with Gasteiger partial charge >= 0.3 is 0 Å². The molecule has 30 heavy (non-hydrogen) atoms. The maximum Gasteiger partial charge on any atom is 0.262 e. The molecular formula is C21H19FN4O3S. The van der Waals surface area contributed by atoms with Gasteiger partial charge in [0, 0.05) is 5.39 Å². The molecule has 0 fully saturated rings. The zero-order chi connectivity index (χ0) is 21.3. The van der Waals surface area contributed by atoms with E-state index < -0.39 is 6.04 Å². The number of fused-ring (bicyclic) bond motifs is 1. The molecular weight excluding hydrogens is 407 g/mol. The number of hydrogen-bond donors (Lipinski definition) is 2. The second kappa shape index (κ2) is 8.11. The molecule has 1 aromatic carbocycles. The average Bonchev–Trinajstić information content (AvgIpc) is 3.45. The fourth-order valence-corrected chi connectivity index (χ4v) is 4.08. The third-order valence-electron chi connectivity index (χ3n) is 4.60. The molecule has 0 spiro atoms. The molecule has 2 amide bonds. The lowest BCUT2D eigenvalue weighted by Gasteiger charge is -2.13. The highest BCUT2D eigenvalue weighted by Crippen LogP contribution is 2.30. The summed E-state index contributed by atoms with van der Waals surface area (Å²) in [4.78, 5) is 26.2. The highest BCUT2D eigenvalue weighted by Gasteiger charge is 2.21. The van der Waals surface area contributed by atoms with E-state index in [4.69, 9.17) is 4.42 Å². The second-order valence-electron chi connectivity index (χ2n) is 6.80. The molecule has 3 heterocycles. The second-order valence-corrected chi connectivity index (χ2v) is 7.83. The van der Waals surface area contributed by atoms with Gasteiger partial charge in [-0.1, -0.05) is 0 Å². The summed E-state index contributed by atoms with van der Waals surface area (Å²) >= 11 is 1.26. The van der Waals surface area contributed by atoms with Gasteiger partial charge in [0.2, 0.25) is 5.91 Å². The molecule has 0 aliphatic carbocycles. The van der Waals surface area contributed by atoms with Crippen molar-refractivity contribution in [3.63, 3.8) is 0 Å². The van der Waals surface area contributed by atoms with Crippen LogP contribution < -0.4 is 10.6 Å². The number of hydrogen-bond acceptors (Lipinski definition) is 5. The highest BCUT2D eigenvalue weighted by molar-refractivity contribution is 7.20. The molecule has 9 heteroatoms. The number of nitrogens with zero attached hydrogens (tertiary/aromatic N) is 2. The minimum absolute atomic E-state index is 0.252. The molecule has 7 nitrogen and oxygen atoms in total. The van der Waals surface area contributed by atoms with E-state index in [1.807, 2.05) is 6.92 Å². The van der Waals surface area contributed by atoms with Crippen molar-refractivity contribution in [3.05, 3.63) is 70.9 Å². The Bertz CT molecular complexity index is 1200. The summed E-state index contributed by atoms with van der Waals surface area (Å²) in [7, 11) is 0. The van der Waals surface area contributed by atoms with Gasteiger partial charge in [-0.2, -0.15) is 5.10 Å². The molecule has 154 valence electrons. The third-order valence-corrected chi connectivity index (χ3v) is 5.71. The van der Waals surface area contributed by atoms with Crippen molar-refractivity contribution < 1.29 is 18.4 Å². The molecule has 0 saturated carbocycles. The van der Waals surface area contributed by atoms with Gasteiger partial charge in [-0.25, -0.2) is 9.07 Å². The van der Waals surface area contributed by atoms with Crippen LogP contribution in [-0.4, -0.2) is 27.6 Å². The van der Waals surface area contributed by atoms with E-state index in [2.05, 4.69) is 15.7 Å². The van der Waals surface area contributed by atoms with Crippen molar-refractivity contribution in [2.45, 2.75) is 26.4 Å². The number of carbonyl (C=O) groups excluding carboxylic acids is 2. The number of carbonyl (C=O) groups is 2. The zero-order valence-corrected chi connectivity index (χ0v) is 17.1. The summed E-state index contributed by atoms with van der Waals surface area (Å²) in [5, 5.41) is 10.8. The van der Waals surface area contributed by atoms with E-state index in [9.17, 15) is 14.0 Å². The number of amides is 2. The Labute approximate surface area is 175 Å². The Kier molecular flexibility index (Phi) is 5.37. The number of thiophene rings is 1. The third kappa shape index (κ3) is 3.97. The first-order valence-electron chi connectivity index (χ1n) is 9.28. The fourth-order valence-electron chi connectivity index (χ4n) is 2.99. The average molecular weight is 426 g/mol.